The fraction of sp³-hybridized carbons (Fsp3) is 0.0794. The standard InChI is InChI=1S/C63H49N11O23S6/c1-29-6-8-36(9-7-29)64-45-15-14-43-44(27-54(103(94,95)96)60(63(43)78)72-66-38-11-13-42-34(20-38)24-53(102(91,92)93)59(62(42)77)74-70-56-32(4)16-30(2)17-51(56)100(85,86)87)57(45)71-65-37-10-12-41-33(19-37)23-52(101(88,89)90)58(61(41)76)73-68-47-18-31(3)46(28-50(47)97-5)67-69-48-25-39(98(79,80)81)21-35-22-40(99(82,83)84)26-49(75)55(35)48/h6-28,64,75-78H,1-5H3,(H,79,80,81)(H,82,83,84)(H,85,86,87)(H,88,89,90)(H,91,92,93)(H,94,95,96). The number of anilines is 2. The number of nitrogens with one attached hydrogen (secondary N) is 1. The van der Waals surface area contributed by atoms with Gasteiger partial charge in [-0.15, -0.1) is 35.8 Å². The summed E-state index contributed by atoms with van der Waals surface area (Å²) in [7, 11) is -29.6. The highest BCUT2D eigenvalue weighted by Crippen LogP contribution is 2.50. The van der Waals surface area contributed by atoms with E-state index in [9.17, 15) is 98.2 Å². The maximum atomic E-state index is 13.3. The molecule has 0 aliphatic rings. The summed E-state index contributed by atoms with van der Waals surface area (Å²) in [6.07, 6.45) is 0. The van der Waals surface area contributed by atoms with E-state index in [1.165, 1.54) is 88.5 Å². The van der Waals surface area contributed by atoms with Crippen LogP contribution < -0.4 is 10.1 Å². The second-order valence-corrected chi connectivity index (χ2v) is 31.0. The Bertz CT molecular complexity index is 6420. The molecule has 530 valence electrons. The van der Waals surface area contributed by atoms with Crippen LogP contribution in [0.2, 0.25) is 0 Å². The lowest BCUT2D eigenvalue weighted by Gasteiger charge is -2.15. The molecule has 0 amide bonds. The van der Waals surface area contributed by atoms with Crippen LogP contribution in [0.1, 0.15) is 22.3 Å². The topological polar surface area (TPSA) is 552 Å². The van der Waals surface area contributed by atoms with Crippen LogP contribution in [0, 0.1) is 27.7 Å². The molecule has 11 rings (SSSR count). The number of nitrogens with zero attached hydrogens (tertiary/aromatic N) is 10. The normalized spacial score (nSPS) is 13.0. The van der Waals surface area contributed by atoms with E-state index >= 15 is 0 Å². The Morgan fingerprint density at radius 3 is 1.31 bits per heavy atom. The summed E-state index contributed by atoms with van der Waals surface area (Å²) < 4.78 is 218. The van der Waals surface area contributed by atoms with Gasteiger partial charge in [0.15, 0.2) is 17.2 Å². The molecule has 11 aromatic rings. The fourth-order valence-electron chi connectivity index (χ4n) is 10.7. The van der Waals surface area contributed by atoms with Crippen molar-refractivity contribution in [2.45, 2.75) is 57.1 Å². The Hall–Kier alpha value is -11.3. The van der Waals surface area contributed by atoms with E-state index in [-0.39, 0.29) is 94.1 Å². The molecule has 0 heterocycles. The molecule has 0 saturated carbocycles. The predicted molar refractivity (Wildman–Crippen MR) is 370 cm³/mol. The lowest BCUT2D eigenvalue weighted by Crippen LogP contribution is -2.01. The first-order chi connectivity index (χ1) is 48.1. The SMILES string of the molecule is COc1cc(N=Nc2cc(S(=O)(=O)O)cc3cc(S(=O)(=O)O)cc(O)c23)c(C)cc1N=Nc1c(S(=O)(=O)O)cc2cc(N=Nc3c(Nc4ccc(C)cc4)ccc4c(O)c(N=Nc5ccc6c(O)c(N=Nc7c(C)cc(C)cc7S(=O)(=O)O)c(S(=O)(=O)O)cc6c5)c(S(=O)(=O)O)cc34)ccc2c1O. The largest absolute Gasteiger partial charge is 0.507 e. The van der Waals surface area contributed by atoms with Crippen molar-refractivity contribution >= 4 is 172 Å². The molecule has 0 aromatic heterocycles. The minimum absolute atomic E-state index is 0.00260. The lowest BCUT2D eigenvalue weighted by molar-refractivity contribution is 0.416. The number of hydrogen-bond donors (Lipinski definition) is 11. The Morgan fingerprint density at radius 2 is 0.786 bits per heavy atom. The zero-order valence-corrected chi connectivity index (χ0v) is 57.9. The first-order valence-electron chi connectivity index (χ1n) is 28.9. The maximum absolute atomic E-state index is 13.3. The summed E-state index contributed by atoms with van der Waals surface area (Å²) in [5.41, 5.74) is -1.64. The highest BCUT2D eigenvalue weighted by molar-refractivity contribution is 7.87. The second-order valence-electron chi connectivity index (χ2n) is 22.6. The van der Waals surface area contributed by atoms with Gasteiger partial charge in [-0.05, 0) is 170 Å². The number of benzene rings is 11. The van der Waals surface area contributed by atoms with Gasteiger partial charge < -0.3 is 30.5 Å². The van der Waals surface area contributed by atoms with Crippen LogP contribution in [0.15, 0.2) is 220 Å². The Kier molecular flexibility index (Phi) is 19.1. The first-order valence-corrected chi connectivity index (χ1v) is 37.5. The number of ether oxygens (including phenoxy) is 1. The lowest BCUT2D eigenvalue weighted by atomic mass is 10.0. The highest BCUT2D eigenvalue weighted by Gasteiger charge is 2.29. The average molecular weight is 1520 g/mol. The number of fused-ring (bicyclic) bond motifs is 4. The van der Waals surface area contributed by atoms with Gasteiger partial charge in [0.25, 0.3) is 60.7 Å². The quantitative estimate of drug-likeness (QED) is 0.0264. The monoisotopic (exact) mass is 1520 g/mol. The number of aromatic hydroxyl groups is 4. The third-order valence-corrected chi connectivity index (χ3v) is 20.6. The van der Waals surface area contributed by atoms with Crippen molar-refractivity contribution in [3.63, 3.8) is 0 Å². The molecule has 0 saturated heterocycles. The van der Waals surface area contributed by atoms with E-state index in [1.807, 2.05) is 6.92 Å². The van der Waals surface area contributed by atoms with Crippen molar-refractivity contribution in [2.75, 3.05) is 12.4 Å². The van der Waals surface area contributed by atoms with Crippen LogP contribution in [-0.2, 0) is 60.7 Å². The molecule has 0 spiro atoms. The van der Waals surface area contributed by atoms with E-state index in [0.717, 1.165) is 54.1 Å². The molecule has 0 radical (unpaired) electrons. The average Bonchev–Trinajstić information content (AvgIpc) is 0.770. The van der Waals surface area contributed by atoms with Gasteiger partial charge in [-0.3, -0.25) is 27.3 Å². The Labute approximate surface area is 582 Å². The summed E-state index contributed by atoms with van der Waals surface area (Å²) in [6.45, 7) is 6.26. The van der Waals surface area contributed by atoms with E-state index in [0.29, 0.717) is 17.3 Å². The van der Waals surface area contributed by atoms with Gasteiger partial charge in [0.2, 0.25) is 0 Å². The van der Waals surface area contributed by atoms with Crippen molar-refractivity contribution in [3.8, 4) is 28.7 Å². The molecule has 0 unspecified atom stereocenters. The van der Waals surface area contributed by atoms with Crippen molar-refractivity contribution in [2.24, 2.45) is 51.1 Å². The van der Waals surface area contributed by atoms with Crippen LogP contribution in [0.5, 0.6) is 28.7 Å². The molecule has 34 nitrogen and oxygen atoms in total. The van der Waals surface area contributed by atoms with Gasteiger partial charge in [0.1, 0.15) is 65.2 Å². The highest BCUT2D eigenvalue weighted by atomic mass is 32.2. The number of azo groups is 5. The minimum atomic E-state index is -5.39. The van der Waals surface area contributed by atoms with Crippen LogP contribution in [0.25, 0.3) is 43.1 Å². The first kappa shape index (κ1) is 73.0. The fourth-order valence-corrected chi connectivity index (χ4v) is 14.5. The summed E-state index contributed by atoms with van der Waals surface area (Å²) in [5.74, 6) is -3.53. The Morgan fingerprint density at radius 1 is 0.340 bits per heavy atom. The Balaban J connectivity index is 0.949. The molecule has 0 aliphatic carbocycles. The van der Waals surface area contributed by atoms with Crippen molar-refractivity contribution in [3.05, 3.63) is 162 Å². The van der Waals surface area contributed by atoms with Gasteiger partial charge in [-0.1, -0.05) is 23.8 Å². The molecular weight excluding hydrogens is 1470 g/mol. The van der Waals surface area contributed by atoms with E-state index in [1.54, 1.807) is 24.3 Å². The number of rotatable bonds is 19. The van der Waals surface area contributed by atoms with Gasteiger partial charge >= 0.3 is 0 Å². The summed E-state index contributed by atoms with van der Waals surface area (Å²) >= 11 is 0. The summed E-state index contributed by atoms with van der Waals surface area (Å²) in [4.78, 5) is -5.35. The third-order valence-electron chi connectivity index (χ3n) is 15.5. The number of aryl methyl sites for hydroxylation is 4. The van der Waals surface area contributed by atoms with Crippen LogP contribution in [0.3, 0.4) is 0 Å². The number of phenols is 4. The maximum Gasteiger partial charge on any atom is 0.296 e. The van der Waals surface area contributed by atoms with Crippen LogP contribution in [-0.4, -0.2) is 105 Å². The molecule has 11 N–H and O–H groups in total. The molecule has 0 bridgehead atoms. The second kappa shape index (κ2) is 26.9. The summed E-state index contributed by atoms with van der Waals surface area (Å²) in [5, 5.41) is 88.2. The smallest absolute Gasteiger partial charge is 0.296 e. The molecule has 0 aliphatic heterocycles. The molecule has 11 aromatic carbocycles. The summed E-state index contributed by atoms with van der Waals surface area (Å²) in [6, 6.07) is 27.8. The molecule has 0 atom stereocenters. The zero-order chi connectivity index (χ0) is 75.0. The van der Waals surface area contributed by atoms with E-state index in [4.69, 9.17) is 4.74 Å². The van der Waals surface area contributed by atoms with Gasteiger partial charge in [-0.25, -0.2) is 0 Å². The molecule has 0 fully saturated rings. The molecular formula is C63H49N11O23S6. The van der Waals surface area contributed by atoms with E-state index in [2.05, 4.69) is 56.5 Å². The van der Waals surface area contributed by atoms with Crippen molar-refractivity contribution in [1.82, 2.24) is 0 Å². The van der Waals surface area contributed by atoms with Crippen molar-refractivity contribution in [1.29, 1.82) is 0 Å². The van der Waals surface area contributed by atoms with Gasteiger partial charge in [0.05, 0.1) is 50.7 Å². The van der Waals surface area contributed by atoms with E-state index < -0.39 is 142 Å². The van der Waals surface area contributed by atoms with Crippen LogP contribution >= 0.6 is 0 Å². The third kappa shape index (κ3) is 15.2. The molecule has 40 heteroatoms. The number of phenolic OH excluding ortho intramolecular Hbond substituents is 4. The number of hydrogen-bond acceptors (Lipinski definition) is 28. The minimum Gasteiger partial charge on any atom is -0.507 e. The number of methoxy groups -OCH3 is 1. The van der Waals surface area contributed by atoms with Gasteiger partial charge in [0, 0.05) is 39.4 Å². The van der Waals surface area contributed by atoms with Gasteiger partial charge in [-0.2, -0.15) is 65.8 Å². The zero-order valence-electron chi connectivity index (χ0n) is 53.0. The van der Waals surface area contributed by atoms with Crippen molar-refractivity contribution < 1.29 is 103 Å². The van der Waals surface area contributed by atoms with Crippen LogP contribution in [0.4, 0.5) is 68.2 Å². The molecule has 103 heavy (non-hydrogen) atoms. The predicted octanol–water partition coefficient (Wildman–Crippen LogP) is 15.7.